The summed E-state index contributed by atoms with van der Waals surface area (Å²) in [5, 5.41) is 13.5. The Labute approximate surface area is 101 Å². The fourth-order valence-electron chi connectivity index (χ4n) is 1.63. The molecule has 0 aliphatic heterocycles. The van der Waals surface area contributed by atoms with E-state index in [1.165, 1.54) is 23.4 Å². The van der Waals surface area contributed by atoms with E-state index in [-0.39, 0.29) is 12.1 Å². The minimum absolute atomic E-state index is 0.0693. The molecule has 1 aromatic heterocycles. The highest BCUT2D eigenvalue weighted by molar-refractivity contribution is 7.11. The number of aliphatic hydroxyl groups excluding tert-OH is 1. The van der Waals surface area contributed by atoms with Crippen molar-refractivity contribution in [2.24, 2.45) is 0 Å². The van der Waals surface area contributed by atoms with Crippen molar-refractivity contribution in [3.8, 4) is 0 Å². The van der Waals surface area contributed by atoms with E-state index >= 15 is 0 Å². The lowest BCUT2D eigenvalue weighted by Crippen LogP contribution is -2.35. The van der Waals surface area contributed by atoms with Gasteiger partial charge in [0.25, 0.3) is 0 Å². The monoisotopic (exact) mass is 240 g/mol. The van der Waals surface area contributed by atoms with Gasteiger partial charge in [0.05, 0.1) is 12.3 Å². The van der Waals surface area contributed by atoms with Gasteiger partial charge in [-0.3, -0.25) is 0 Å². The van der Waals surface area contributed by atoms with Gasteiger partial charge in [-0.1, -0.05) is 0 Å². The lowest BCUT2D eigenvalue weighted by atomic mass is 10.1. The lowest BCUT2D eigenvalue weighted by Gasteiger charge is -2.20. The number of nitrogens with zero attached hydrogens (tertiary/aromatic N) is 1. The fraction of sp³-hybridized carbons (Fsp3) is 0.750. The normalized spacial score (nSPS) is 16.8. The van der Waals surface area contributed by atoms with Crippen molar-refractivity contribution in [2.75, 3.05) is 0 Å². The van der Waals surface area contributed by atoms with Crippen LogP contribution in [-0.2, 0) is 13.2 Å². The van der Waals surface area contributed by atoms with Gasteiger partial charge in [-0.05, 0) is 33.6 Å². The Kier molecular flexibility index (Phi) is 3.33. The smallest absolute Gasteiger partial charge is 0.119 e. The topological polar surface area (TPSA) is 45.1 Å². The molecule has 1 aromatic rings. The van der Waals surface area contributed by atoms with E-state index in [9.17, 15) is 0 Å². The number of hydrogen-bond donors (Lipinski definition) is 2. The van der Waals surface area contributed by atoms with Gasteiger partial charge >= 0.3 is 0 Å². The molecule has 0 radical (unpaired) electrons. The predicted molar refractivity (Wildman–Crippen MR) is 66.6 cm³/mol. The van der Waals surface area contributed by atoms with Crippen molar-refractivity contribution in [3.63, 3.8) is 0 Å². The number of nitrogens with one attached hydrogen (secondary N) is 1. The minimum Gasteiger partial charge on any atom is -0.389 e. The van der Waals surface area contributed by atoms with Crippen LogP contribution in [0.2, 0.25) is 0 Å². The highest BCUT2D eigenvalue weighted by atomic mass is 32.1. The first-order valence-electron chi connectivity index (χ1n) is 5.84. The molecule has 0 spiro atoms. The molecule has 90 valence electrons. The molecule has 1 aliphatic carbocycles. The third kappa shape index (κ3) is 3.03. The molecule has 16 heavy (non-hydrogen) atoms. The molecule has 4 heteroatoms. The Bertz CT molecular complexity index is 364. The molecule has 1 aliphatic rings. The van der Waals surface area contributed by atoms with Crippen LogP contribution in [0.25, 0.3) is 0 Å². The van der Waals surface area contributed by atoms with Crippen molar-refractivity contribution in [2.45, 2.75) is 58.2 Å². The quantitative estimate of drug-likeness (QED) is 0.849. The maximum absolute atomic E-state index is 9.13. The summed E-state index contributed by atoms with van der Waals surface area (Å²) in [6.07, 6.45) is 2.52. The average Bonchev–Trinajstić information content (AvgIpc) is 2.95. The maximum atomic E-state index is 9.13. The van der Waals surface area contributed by atoms with Crippen molar-refractivity contribution < 1.29 is 5.11 Å². The van der Waals surface area contributed by atoms with Gasteiger partial charge in [0, 0.05) is 22.9 Å². The van der Waals surface area contributed by atoms with Gasteiger partial charge in [0.2, 0.25) is 0 Å². The third-order valence-electron chi connectivity index (χ3n) is 2.65. The molecule has 1 heterocycles. The van der Waals surface area contributed by atoms with E-state index in [2.05, 4.69) is 31.1 Å². The molecule has 0 saturated heterocycles. The molecular formula is C12H20N2OS. The zero-order valence-corrected chi connectivity index (χ0v) is 11.0. The van der Waals surface area contributed by atoms with Gasteiger partial charge in [-0.25, -0.2) is 4.98 Å². The Morgan fingerprint density at radius 3 is 2.62 bits per heavy atom. The first kappa shape index (κ1) is 12.0. The van der Waals surface area contributed by atoms with Crippen LogP contribution in [0.3, 0.4) is 0 Å². The first-order chi connectivity index (χ1) is 7.49. The van der Waals surface area contributed by atoms with Crippen molar-refractivity contribution >= 4 is 11.3 Å². The molecule has 0 aromatic carbocycles. The van der Waals surface area contributed by atoms with Crippen LogP contribution in [0.1, 0.15) is 55.1 Å². The van der Waals surface area contributed by atoms with E-state index in [1.807, 2.05) is 0 Å². The summed E-state index contributed by atoms with van der Waals surface area (Å²) in [6, 6.07) is 0. The average molecular weight is 240 g/mol. The zero-order chi connectivity index (χ0) is 11.8. The Morgan fingerprint density at radius 2 is 2.12 bits per heavy atom. The summed E-state index contributed by atoms with van der Waals surface area (Å²) < 4.78 is 0. The summed E-state index contributed by atoms with van der Waals surface area (Å²) in [6.45, 7) is 7.43. The standard InChI is InChI=1S/C12H20N2OS/c1-12(2,3)13-6-9-11(8-4-5-8)14-10(7-15)16-9/h8,13,15H,4-7H2,1-3H3. The first-order valence-corrected chi connectivity index (χ1v) is 6.65. The third-order valence-corrected chi connectivity index (χ3v) is 3.71. The second kappa shape index (κ2) is 4.43. The minimum atomic E-state index is 0.0693. The second-order valence-corrected chi connectivity index (χ2v) is 6.62. The van der Waals surface area contributed by atoms with Gasteiger partial charge in [-0.15, -0.1) is 11.3 Å². The molecular weight excluding hydrogens is 220 g/mol. The summed E-state index contributed by atoms with van der Waals surface area (Å²) in [5.41, 5.74) is 1.36. The molecule has 0 atom stereocenters. The highest BCUT2D eigenvalue weighted by Gasteiger charge is 2.29. The summed E-state index contributed by atoms with van der Waals surface area (Å²) in [7, 11) is 0. The maximum Gasteiger partial charge on any atom is 0.119 e. The van der Waals surface area contributed by atoms with Crippen molar-refractivity contribution in [3.05, 3.63) is 15.6 Å². The van der Waals surface area contributed by atoms with Crippen LogP contribution in [0.4, 0.5) is 0 Å². The van der Waals surface area contributed by atoms with Crippen molar-refractivity contribution in [1.82, 2.24) is 10.3 Å². The number of hydrogen-bond acceptors (Lipinski definition) is 4. The van der Waals surface area contributed by atoms with Gasteiger partial charge in [-0.2, -0.15) is 0 Å². The highest BCUT2D eigenvalue weighted by Crippen LogP contribution is 2.42. The Hall–Kier alpha value is -0.450. The summed E-state index contributed by atoms with van der Waals surface area (Å²) in [4.78, 5) is 5.83. The van der Waals surface area contributed by atoms with Crippen LogP contribution < -0.4 is 5.32 Å². The number of aromatic nitrogens is 1. The number of thiazole rings is 1. The molecule has 0 bridgehead atoms. The molecule has 1 fully saturated rings. The molecule has 0 unspecified atom stereocenters. The van der Waals surface area contributed by atoms with E-state index < -0.39 is 0 Å². The van der Waals surface area contributed by atoms with Crippen molar-refractivity contribution in [1.29, 1.82) is 0 Å². The molecule has 0 amide bonds. The van der Waals surface area contributed by atoms with Crippen LogP contribution in [0, 0.1) is 0 Å². The second-order valence-electron chi connectivity index (χ2n) is 5.45. The molecule has 1 saturated carbocycles. The fourth-order valence-corrected chi connectivity index (χ4v) is 2.58. The van der Waals surface area contributed by atoms with Crippen LogP contribution >= 0.6 is 11.3 Å². The number of rotatable bonds is 4. The van der Waals surface area contributed by atoms with E-state index in [0.717, 1.165) is 11.6 Å². The van der Waals surface area contributed by atoms with Gasteiger partial charge < -0.3 is 10.4 Å². The molecule has 3 nitrogen and oxygen atoms in total. The molecule has 2 rings (SSSR count). The largest absolute Gasteiger partial charge is 0.389 e. The lowest BCUT2D eigenvalue weighted by molar-refractivity contribution is 0.281. The van der Waals surface area contributed by atoms with E-state index in [0.29, 0.717) is 5.92 Å². The SMILES string of the molecule is CC(C)(C)NCc1sc(CO)nc1C1CC1. The Morgan fingerprint density at radius 1 is 1.44 bits per heavy atom. The summed E-state index contributed by atoms with van der Waals surface area (Å²) in [5.74, 6) is 0.660. The van der Waals surface area contributed by atoms with E-state index in [1.54, 1.807) is 11.3 Å². The zero-order valence-electron chi connectivity index (χ0n) is 10.2. The molecule has 2 N–H and O–H groups in total. The Balaban J connectivity index is 2.09. The summed E-state index contributed by atoms with van der Waals surface area (Å²) >= 11 is 1.64. The predicted octanol–water partition coefficient (Wildman–Crippen LogP) is 2.40. The van der Waals surface area contributed by atoms with Crippen LogP contribution in [0.15, 0.2) is 0 Å². The van der Waals surface area contributed by atoms with Gasteiger partial charge in [0.1, 0.15) is 5.01 Å². The van der Waals surface area contributed by atoms with Gasteiger partial charge in [0.15, 0.2) is 0 Å². The van der Waals surface area contributed by atoms with Crippen LogP contribution in [-0.4, -0.2) is 15.6 Å². The van der Waals surface area contributed by atoms with E-state index in [4.69, 9.17) is 5.11 Å². The number of aliphatic hydroxyl groups is 1. The van der Waals surface area contributed by atoms with Crippen LogP contribution in [0.5, 0.6) is 0 Å².